The first kappa shape index (κ1) is 14.9. The van der Waals surface area contributed by atoms with Crippen LogP contribution in [0.4, 0.5) is 0 Å². The van der Waals surface area contributed by atoms with E-state index in [-0.39, 0.29) is 0 Å². The maximum Gasteiger partial charge on any atom is 0.0929 e. The van der Waals surface area contributed by atoms with Gasteiger partial charge in [0.15, 0.2) is 0 Å². The molecule has 21 heavy (non-hydrogen) atoms. The van der Waals surface area contributed by atoms with Crippen LogP contribution in [0.5, 0.6) is 0 Å². The molecular formula is C17H17Cl2NO. The smallest absolute Gasteiger partial charge is 0.0929 e. The van der Waals surface area contributed by atoms with Gasteiger partial charge in [-0.1, -0.05) is 47.5 Å². The summed E-state index contributed by atoms with van der Waals surface area (Å²) in [6.45, 7) is 0.457. The van der Waals surface area contributed by atoms with Crippen molar-refractivity contribution in [2.24, 2.45) is 0 Å². The van der Waals surface area contributed by atoms with E-state index < -0.39 is 6.10 Å². The van der Waals surface area contributed by atoms with Crippen molar-refractivity contribution >= 4 is 23.2 Å². The van der Waals surface area contributed by atoms with E-state index in [9.17, 15) is 5.11 Å². The number of halogens is 2. The normalized spacial score (nSPS) is 18.5. The summed E-state index contributed by atoms with van der Waals surface area (Å²) in [5.74, 6) is 0. The lowest BCUT2D eigenvalue weighted by Gasteiger charge is -2.18. The summed E-state index contributed by atoms with van der Waals surface area (Å²) in [6, 6.07) is 13.9. The van der Waals surface area contributed by atoms with Gasteiger partial charge in [-0.25, -0.2) is 0 Å². The molecule has 2 aromatic rings. The molecule has 4 heteroatoms. The Hall–Kier alpha value is -1.06. The molecule has 0 heterocycles. The van der Waals surface area contributed by atoms with Crippen LogP contribution in [0.25, 0.3) is 0 Å². The van der Waals surface area contributed by atoms with Gasteiger partial charge < -0.3 is 10.4 Å². The van der Waals surface area contributed by atoms with E-state index in [1.807, 2.05) is 0 Å². The molecule has 1 aliphatic carbocycles. The molecule has 3 rings (SSSR count). The fourth-order valence-corrected chi connectivity index (χ4v) is 3.33. The van der Waals surface area contributed by atoms with E-state index >= 15 is 0 Å². The third kappa shape index (κ3) is 3.24. The zero-order valence-electron chi connectivity index (χ0n) is 11.5. The SMILES string of the molecule is OC(CNC1CCc2ccccc21)c1cc(Cl)ccc1Cl. The fourth-order valence-electron chi connectivity index (χ4n) is 2.90. The molecule has 0 fully saturated rings. The molecule has 0 amide bonds. The average molecular weight is 322 g/mol. The first-order valence-corrected chi connectivity index (χ1v) is 7.85. The molecule has 110 valence electrons. The molecule has 0 aromatic heterocycles. The van der Waals surface area contributed by atoms with Crippen LogP contribution in [0, 0.1) is 0 Å². The van der Waals surface area contributed by atoms with Crippen molar-refractivity contribution in [2.75, 3.05) is 6.54 Å². The molecule has 2 aromatic carbocycles. The minimum Gasteiger partial charge on any atom is -0.387 e. The van der Waals surface area contributed by atoms with E-state index in [0.717, 1.165) is 12.8 Å². The van der Waals surface area contributed by atoms with Gasteiger partial charge in [-0.05, 0) is 42.2 Å². The van der Waals surface area contributed by atoms with Gasteiger partial charge in [-0.2, -0.15) is 0 Å². The van der Waals surface area contributed by atoms with Crippen LogP contribution in [0.1, 0.15) is 35.3 Å². The molecule has 2 nitrogen and oxygen atoms in total. The van der Waals surface area contributed by atoms with Gasteiger partial charge in [0.1, 0.15) is 0 Å². The summed E-state index contributed by atoms with van der Waals surface area (Å²) >= 11 is 12.1. The summed E-state index contributed by atoms with van der Waals surface area (Å²) in [7, 11) is 0. The third-order valence-corrected chi connectivity index (χ3v) is 4.59. The first-order valence-electron chi connectivity index (χ1n) is 7.09. The lowest BCUT2D eigenvalue weighted by atomic mass is 10.1. The van der Waals surface area contributed by atoms with Crippen molar-refractivity contribution in [2.45, 2.75) is 25.0 Å². The number of aliphatic hydroxyl groups is 1. The van der Waals surface area contributed by atoms with E-state index in [1.54, 1.807) is 18.2 Å². The Kier molecular flexibility index (Phi) is 4.51. The molecule has 0 spiro atoms. The number of fused-ring (bicyclic) bond motifs is 1. The quantitative estimate of drug-likeness (QED) is 0.879. The number of aryl methyl sites for hydroxylation is 1. The Morgan fingerprint density at radius 3 is 2.86 bits per heavy atom. The minimum atomic E-state index is -0.663. The predicted molar refractivity (Wildman–Crippen MR) is 86.9 cm³/mol. The lowest BCUT2D eigenvalue weighted by molar-refractivity contribution is 0.170. The van der Waals surface area contributed by atoms with Crippen LogP contribution < -0.4 is 5.32 Å². The van der Waals surface area contributed by atoms with Crippen LogP contribution in [-0.4, -0.2) is 11.7 Å². The molecule has 0 saturated heterocycles. The number of hydrogen-bond acceptors (Lipinski definition) is 2. The minimum absolute atomic E-state index is 0.300. The highest BCUT2D eigenvalue weighted by Crippen LogP contribution is 2.32. The number of benzene rings is 2. The second kappa shape index (κ2) is 6.37. The maximum atomic E-state index is 10.3. The summed E-state index contributed by atoms with van der Waals surface area (Å²) in [6.07, 6.45) is 1.49. The Balaban J connectivity index is 1.67. The predicted octanol–water partition coefficient (Wildman–Crippen LogP) is 4.30. The van der Waals surface area contributed by atoms with Crippen molar-refractivity contribution in [3.8, 4) is 0 Å². The fraction of sp³-hybridized carbons (Fsp3) is 0.294. The Morgan fingerprint density at radius 1 is 1.19 bits per heavy atom. The number of aliphatic hydroxyl groups excluding tert-OH is 1. The van der Waals surface area contributed by atoms with Gasteiger partial charge in [-0.3, -0.25) is 0 Å². The van der Waals surface area contributed by atoms with Crippen LogP contribution in [0.2, 0.25) is 10.0 Å². The zero-order chi connectivity index (χ0) is 14.8. The van der Waals surface area contributed by atoms with Crippen molar-refractivity contribution in [3.05, 3.63) is 69.2 Å². The second-order valence-corrected chi connectivity index (χ2v) is 6.22. The molecule has 0 aliphatic heterocycles. The van der Waals surface area contributed by atoms with E-state index in [1.165, 1.54) is 11.1 Å². The maximum absolute atomic E-state index is 10.3. The molecule has 0 radical (unpaired) electrons. The van der Waals surface area contributed by atoms with Gasteiger partial charge in [0, 0.05) is 28.2 Å². The van der Waals surface area contributed by atoms with Crippen LogP contribution in [0.3, 0.4) is 0 Å². The van der Waals surface area contributed by atoms with Crippen LogP contribution in [-0.2, 0) is 6.42 Å². The van der Waals surface area contributed by atoms with Gasteiger partial charge in [0.25, 0.3) is 0 Å². The van der Waals surface area contributed by atoms with E-state index in [4.69, 9.17) is 23.2 Å². The highest BCUT2D eigenvalue weighted by molar-refractivity contribution is 6.33. The van der Waals surface area contributed by atoms with Crippen molar-refractivity contribution < 1.29 is 5.11 Å². The van der Waals surface area contributed by atoms with Gasteiger partial charge in [0.2, 0.25) is 0 Å². The molecule has 2 atom stereocenters. The molecule has 2 unspecified atom stereocenters. The third-order valence-electron chi connectivity index (χ3n) is 4.01. The Bertz CT molecular complexity index is 644. The monoisotopic (exact) mass is 321 g/mol. The van der Waals surface area contributed by atoms with Crippen molar-refractivity contribution in [1.82, 2.24) is 5.32 Å². The molecule has 0 bridgehead atoms. The highest BCUT2D eigenvalue weighted by Gasteiger charge is 2.22. The van der Waals surface area contributed by atoms with Gasteiger partial charge in [0.05, 0.1) is 6.10 Å². The number of rotatable bonds is 4. The lowest BCUT2D eigenvalue weighted by Crippen LogP contribution is -2.25. The molecule has 0 saturated carbocycles. The molecular weight excluding hydrogens is 305 g/mol. The number of hydrogen-bond donors (Lipinski definition) is 2. The summed E-state index contributed by atoms with van der Waals surface area (Å²) in [4.78, 5) is 0. The van der Waals surface area contributed by atoms with Crippen LogP contribution >= 0.6 is 23.2 Å². The zero-order valence-corrected chi connectivity index (χ0v) is 13.0. The Morgan fingerprint density at radius 2 is 2.00 bits per heavy atom. The number of nitrogens with one attached hydrogen (secondary N) is 1. The van der Waals surface area contributed by atoms with Crippen molar-refractivity contribution in [1.29, 1.82) is 0 Å². The van der Waals surface area contributed by atoms with Gasteiger partial charge in [-0.15, -0.1) is 0 Å². The summed E-state index contributed by atoms with van der Waals surface area (Å²) < 4.78 is 0. The van der Waals surface area contributed by atoms with E-state index in [0.29, 0.717) is 28.2 Å². The highest BCUT2D eigenvalue weighted by atomic mass is 35.5. The molecule has 2 N–H and O–H groups in total. The van der Waals surface area contributed by atoms with Crippen LogP contribution in [0.15, 0.2) is 42.5 Å². The van der Waals surface area contributed by atoms with Gasteiger partial charge >= 0.3 is 0 Å². The summed E-state index contributed by atoms with van der Waals surface area (Å²) in [5, 5.41) is 14.9. The van der Waals surface area contributed by atoms with E-state index in [2.05, 4.69) is 29.6 Å². The second-order valence-electron chi connectivity index (χ2n) is 5.38. The summed E-state index contributed by atoms with van der Waals surface area (Å²) in [5.41, 5.74) is 3.40. The Labute approximate surface area is 134 Å². The molecule has 1 aliphatic rings. The average Bonchev–Trinajstić information content (AvgIpc) is 2.90. The largest absolute Gasteiger partial charge is 0.387 e. The standard InChI is InChI=1S/C17H17Cl2NO/c18-12-6-7-15(19)14(9-12)17(21)10-20-16-8-5-11-3-1-2-4-13(11)16/h1-4,6-7,9,16-17,20-21H,5,8,10H2. The first-order chi connectivity index (χ1) is 10.1. The van der Waals surface area contributed by atoms with Crippen molar-refractivity contribution in [3.63, 3.8) is 0 Å². The topological polar surface area (TPSA) is 32.3 Å².